The van der Waals surface area contributed by atoms with Crippen molar-refractivity contribution in [3.63, 3.8) is 0 Å². The summed E-state index contributed by atoms with van der Waals surface area (Å²) in [4.78, 5) is 2.42. The molecule has 0 aromatic carbocycles. The minimum absolute atomic E-state index is 0.943. The van der Waals surface area contributed by atoms with E-state index in [1.807, 2.05) is 10.9 Å². The average Bonchev–Trinajstić information content (AvgIpc) is 2.81. The topological polar surface area (TPSA) is 46.0 Å². The van der Waals surface area contributed by atoms with Crippen LogP contribution in [0, 0.1) is 0 Å². The normalized spacial score (nSPS) is 11.2. The van der Waals surface area contributed by atoms with Crippen LogP contribution in [0.5, 0.6) is 0 Å². The molecule has 1 aromatic heterocycles. The number of hydrogen-bond donors (Lipinski definition) is 1. The van der Waals surface area contributed by atoms with Crippen LogP contribution in [0.25, 0.3) is 0 Å². The number of rotatable bonds is 9. The van der Waals surface area contributed by atoms with Crippen LogP contribution in [-0.2, 0) is 6.54 Å². The first-order chi connectivity index (χ1) is 7.86. The first-order valence-electron chi connectivity index (χ1n) is 6.14. The zero-order chi connectivity index (χ0) is 11.6. The van der Waals surface area contributed by atoms with Crippen molar-refractivity contribution in [2.45, 2.75) is 26.8 Å². The van der Waals surface area contributed by atoms with Crippen molar-refractivity contribution in [2.24, 2.45) is 0 Å². The van der Waals surface area contributed by atoms with Crippen LogP contribution in [0.2, 0.25) is 0 Å². The molecule has 0 radical (unpaired) electrons. The molecule has 0 saturated carbocycles. The van der Waals surface area contributed by atoms with Crippen LogP contribution in [0.1, 0.15) is 20.3 Å². The lowest BCUT2D eigenvalue weighted by molar-refractivity contribution is 0.302. The molecule has 0 aliphatic heterocycles. The minimum Gasteiger partial charge on any atom is -0.315 e. The van der Waals surface area contributed by atoms with Gasteiger partial charge in [-0.1, -0.05) is 19.1 Å². The maximum atomic E-state index is 3.92. The molecular formula is C11H23N5. The Morgan fingerprint density at radius 1 is 1.25 bits per heavy atom. The second-order valence-electron chi connectivity index (χ2n) is 3.80. The van der Waals surface area contributed by atoms with Gasteiger partial charge in [0.25, 0.3) is 0 Å². The highest BCUT2D eigenvalue weighted by Gasteiger charge is 1.97. The molecule has 0 bridgehead atoms. The first kappa shape index (κ1) is 13.1. The Kier molecular flexibility index (Phi) is 6.76. The predicted octanol–water partition coefficient (Wildman–Crippen LogP) is 0.600. The van der Waals surface area contributed by atoms with Gasteiger partial charge < -0.3 is 10.2 Å². The lowest BCUT2D eigenvalue weighted by Crippen LogP contribution is -2.32. The summed E-state index contributed by atoms with van der Waals surface area (Å²) in [5.41, 5.74) is 0. The molecule has 5 heteroatoms. The highest BCUT2D eigenvalue weighted by Crippen LogP contribution is 1.87. The number of nitrogens with one attached hydrogen (secondary N) is 1. The van der Waals surface area contributed by atoms with Crippen LogP contribution in [-0.4, -0.2) is 52.6 Å². The van der Waals surface area contributed by atoms with Gasteiger partial charge in [0.1, 0.15) is 0 Å². The molecule has 0 aliphatic rings. The van der Waals surface area contributed by atoms with E-state index < -0.39 is 0 Å². The molecule has 0 saturated heterocycles. The fourth-order valence-electron chi connectivity index (χ4n) is 1.62. The summed E-state index contributed by atoms with van der Waals surface area (Å²) in [6, 6.07) is 0. The quantitative estimate of drug-likeness (QED) is 0.625. The zero-order valence-corrected chi connectivity index (χ0v) is 10.4. The van der Waals surface area contributed by atoms with Crippen molar-refractivity contribution in [1.29, 1.82) is 0 Å². The first-order valence-corrected chi connectivity index (χ1v) is 6.14. The molecule has 5 nitrogen and oxygen atoms in total. The molecule has 1 N–H and O–H groups in total. The number of hydrogen-bond acceptors (Lipinski definition) is 4. The molecule has 1 aromatic rings. The van der Waals surface area contributed by atoms with Crippen molar-refractivity contribution < 1.29 is 0 Å². The van der Waals surface area contributed by atoms with Gasteiger partial charge in [-0.25, -0.2) is 0 Å². The molecule has 0 spiro atoms. The van der Waals surface area contributed by atoms with Gasteiger partial charge in [-0.3, -0.25) is 4.68 Å². The van der Waals surface area contributed by atoms with Crippen LogP contribution >= 0.6 is 0 Å². The largest absolute Gasteiger partial charge is 0.315 e. The van der Waals surface area contributed by atoms with E-state index in [4.69, 9.17) is 0 Å². The Balaban J connectivity index is 1.92. The molecule has 92 valence electrons. The number of aromatic nitrogens is 3. The molecule has 0 amide bonds. The second-order valence-corrected chi connectivity index (χ2v) is 3.80. The number of nitrogens with zero attached hydrogens (tertiary/aromatic N) is 4. The smallest absolute Gasteiger partial charge is 0.0692 e. The fraction of sp³-hybridized carbons (Fsp3) is 0.818. The number of aryl methyl sites for hydroxylation is 1. The van der Waals surface area contributed by atoms with Gasteiger partial charge in [-0.15, -0.1) is 5.10 Å². The Morgan fingerprint density at radius 2 is 2.06 bits per heavy atom. The van der Waals surface area contributed by atoms with Crippen molar-refractivity contribution >= 4 is 0 Å². The Labute approximate surface area is 97.8 Å². The molecule has 0 atom stereocenters. The van der Waals surface area contributed by atoms with Crippen LogP contribution in [0.4, 0.5) is 0 Å². The van der Waals surface area contributed by atoms with Gasteiger partial charge >= 0.3 is 0 Å². The lowest BCUT2D eigenvalue weighted by Gasteiger charge is -2.17. The fourth-order valence-corrected chi connectivity index (χ4v) is 1.62. The zero-order valence-electron chi connectivity index (χ0n) is 10.4. The number of likely N-dealkylation sites (N-methyl/N-ethyl adjacent to an activating group) is 1. The highest BCUT2D eigenvalue weighted by atomic mass is 15.4. The van der Waals surface area contributed by atoms with Gasteiger partial charge in [0.15, 0.2) is 0 Å². The van der Waals surface area contributed by atoms with E-state index in [0.717, 1.165) is 45.7 Å². The van der Waals surface area contributed by atoms with Gasteiger partial charge in [0, 0.05) is 25.8 Å². The van der Waals surface area contributed by atoms with Gasteiger partial charge in [0.05, 0.1) is 6.20 Å². The molecule has 1 rings (SSSR count). The third-order valence-corrected chi connectivity index (χ3v) is 2.71. The Morgan fingerprint density at radius 3 is 2.69 bits per heavy atom. The summed E-state index contributed by atoms with van der Waals surface area (Å²) >= 11 is 0. The Bertz CT molecular complexity index is 243. The van der Waals surface area contributed by atoms with E-state index in [1.54, 1.807) is 6.20 Å². The monoisotopic (exact) mass is 225 g/mol. The summed E-state index contributed by atoms with van der Waals surface area (Å²) in [6.45, 7) is 10.9. The van der Waals surface area contributed by atoms with E-state index in [0.29, 0.717) is 0 Å². The van der Waals surface area contributed by atoms with Crippen molar-refractivity contribution in [1.82, 2.24) is 25.2 Å². The summed E-state index contributed by atoms with van der Waals surface area (Å²) in [5, 5.41) is 11.1. The SMILES string of the molecule is CCN(CC)CCNCCCn1ccnn1. The average molecular weight is 225 g/mol. The molecule has 1 heterocycles. The van der Waals surface area contributed by atoms with Gasteiger partial charge in [-0.05, 0) is 26.1 Å². The van der Waals surface area contributed by atoms with Crippen molar-refractivity contribution in [2.75, 3.05) is 32.7 Å². The van der Waals surface area contributed by atoms with Crippen LogP contribution in [0.3, 0.4) is 0 Å². The predicted molar refractivity (Wildman–Crippen MR) is 65.3 cm³/mol. The van der Waals surface area contributed by atoms with E-state index >= 15 is 0 Å². The molecule has 0 unspecified atom stereocenters. The van der Waals surface area contributed by atoms with Crippen LogP contribution < -0.4 is 5.32 Å². The summed E-state index contributed by atoms with van der Waals surface area (Å²) < 4.78 is 1.87. The molecule has 16 heavy (non-hydrogen) atoms. The maximum absolute atomic E-state index is 3.92. The third kappa shape index (κ3) is 5.23. The van der Waals surface area contributed by atoms with Crippen molar-refractivity contribution in [3.05, 3.63) is 12.4 Å². The molecule has 0 aliphatic carbocycles. The summed E-state index contributed by atoms with van der Waals surface area (Å²) in [5.74, 6) is 0. The highest BCUT2D eigenvalue weighted by molar-refractivity contribution is 4.64. The molecule has 0 fully saturated rings. The van der Waals surface area contributed by atoms with E-state index in [-0.39, 0.29) is 0 Å². The maximum Gasteiger partial charge on any atom is 0.0692 e. The third-order valence-electron chi connectivity index (χ3n) is 2.71. The van der Waals surface area contributed by atoms with E-state index in [2.05, 4.69) is 34.4 Å². The standard InChI is InChI=1S/C11H23N5/c1-3-15(4-2)10-7-12-6-5-9-16-11-8-13-14-16/h8,11-12H,3-7,9-10H2,1-2H3. The van der Waals surface area contributed by atoms with Crippen molar-refractivity contribution in [3.8, 4) is 0 Å². The minimum atomic E-state index is 0.943. The second kappa shape index (κ2) is 8.24. The van der Waals surface area contributed by atoms with E-state index in [1.165, 1.54) is 0 Å². The van der Waals surface area contributed by atoms with Gasteiger partial charge in [-0.2, -0.15) is 0 Å². The lowest BCUT2D eigenvalue weighted by atomic mass is 10.4. The summed E-state index contributed by atoms with van der Waals surface area (Å²) in [6.07, 6.45) is 4.71. The molecular weight excluding hydrogens is 202 g/mol. The summed E-state index contributed by atoms with van der Waals surface area (Å²) in [7, 11) is 0. The van der Waals surface area contributed by atoms with Gasteiger partial charge in [0.2, 0.25) is 0 Å². The van der Waals surface area contributed by atoms with E-state index in [9.17, 15) is 0 Å². The Hall–Kier alpha value is -0.940. The van der Waals surface area contributed by atoms with Crippen LogP contribution in [0.15, 0.2) is 12.4 Å².